The molecule has 0 bridgehead atoms. The summed E-state index contributed by atoms with van der Waals surface area (Å²) < 4.78 is 27.3. The average molecular weight is 241 g/mol. The van der Waals surface area contributed by atoms with Crippen LogP contribution in [0.15, 0.2) is 12.1 Å². The fraction of sp³-hybridized carbons (Fsp3) is 0.571. The quantitative estimate of drug-likeness (QED) is 0.846. The van der Waals surface area contributed by atoms with Crippen LogP contribution in [0.1, 0.15) is 44.7 Å². The Morgan fingerprint density at radius 2 is 1.59 bits per heavy atom. The summed E-state index contributed by atoms with van der Waals surface area (Å²) in [6, 6.07) is 3.74. The monoisotopic (exact) mass is 241 g/mol. The minimum absolute atomic E-state index is 0.0625. The van der Waals surface area contributed by atoms with Crippen LogP contribution in [-0.2, 0) is 0 Å². The maximum absolute atomic E-state index is 13.8. The molecular formula is C14H21F2N. The normalized spacial score (nSPS) is 15.1. The minimum atomic E-state index is -0.730. The van der Waals surface area contributed by atoms with Gasteiger partial charge < -0.3 is 5.32 Å². The number of hydrogen-bond donors (Lipinski definition) is 1. The van der Waals surface area contributed by atoms with Crippen molar-refractivity contribution in [3.63, 3.8) is 0 Å². The van der Waals surface area contributed by atoms with E-state index in [9.17, 15) is 8.78 Å². The van der Waals surface area contributed by atoms with Gasteiger partial charge in [0.25, 0.3) is 0 Å². The molecule has 1 N–H and O–H groups in total. The van der Waals surface area contributed by atoms with Gasteiger partial charge in [-0.25, -0.2) is 8.78 Å². The van der Waals surface area contributed by atoms with E-state index in [1.54, 1.807) is 19.1 Å². The Morgan fingerprint density at radius 3 is 2.12 bits per heavy atom. The van der Waals surface area contributed by atoms with Gasteiger partial charge in [0.05, 0.1) is 0 Å². The number of halogens is 2. The molecule has 3 heteroatoms. The van der Waals surface area contributed by atoms with Crippen LogP contribution >= 0.6 is 0 Å². The van der Waals surface area contributed by atoms with Crippen molar-refractivity contribution in [2.75, 3.05) is 0 Å². The smallest absolute Gasteiger partial charge is 0.162 e. The van der Waals surface area contributed by atoms with Crippen LogP contribution in [0.3, 0.4) is 0 Å². The fourth-order valence-electron chi connectivity index (χ4n) is 1.95. The Balaban J connectivity index is 2.96. The van der Waals surface area contributed by atoms with Crippen molar-refractivity contribution < 1.29 is 8.78 Å². The van der Waals surface area contributed by atoms with Crippen molar-refractivity contribution in [1.82, 2.24) is 5.32 Å². The van der Waals surface area contributed by atoms with E-state index < -0.39 is 11.6 Å². The molecule has 1 rings (SSSR count). The maximum atomic E-state index is 13.8. The highest BCUT2D eigenvalue weighted by Gasteiger charge is 2.21. The second-order valence-electron chi connectivity index (χ2n) is 5.00. The van der Waals surface area contributed by atoms with E-state index in [2.05, 4.69) is 5.32 Å². The van der Waals surface area contributed by atoms with Crippen molar-refractivity contribution in [2.24, 2.45) is 0 Å². The molecule has 96 valence electrons. The zero-order valence-corrected chi connectivity index (χ0v) is 11.1. The molecule has 0 saturated carbocycles. The zero-order valence-electron chi connectivity index (χ0n) is 11.1. The van der Waals surface area contributed by atoms with Gasteiger partial charge in [-0.2, -0.15) is 0 Å². The molecule has 17 heavy (non-hydrogen) atoms. The van der Waals surface area contributed by atoms with Gasteiger partial charge in [-0.05, 0) is 30.9 Å². The molecule has 0 aliphatic carbocycles. The van der Waals surface area contributed by atoms with Gasteiger partial charge in [0.15, 0.2) is 11.6 Å². The van der Waals surface area contributed by atoms with E-state index in [1.165, 1.54) is 0 Å². The summed E-state index contributed by atoms with van der Waals surface area (Å²) in [6.07, 6.45) is 0. The van der Waals surface area contributed by atoms with Gasteiger partial charge in [-0.3, -0.25) is 0 Å². The van der Waals surface area contributed by atoms with Crippen LogP contribution in [-0.4, -0.2) is 12.1 Å². The second kappa shape index (κ2) is 5.58. The molecule has 0 aliphatic rings. The van der Waals surface area contributed by atoms with E-state index in [0.29, 0.717) is 17.2 Å². The van der Waals surface area contributed by atoms with Crippen LogP contribution in [0, 0.1) is 18.6 Å². The molecule has 2 atom stereocenters. The third-order valence-electron chi connectivity index (χ3n) is 3.14. The molecule has 0 heterocycles. The summed E-state index contributed by atoms with van der Waals surface area (Å²) in [4.78, 5) is 0. The lowest BCUT2D eigenvalue weighted by Gasteiger charge is -2.24. The Kier molecular flexibility index (Phi) is 4.63. The standard InChI is InChI=1S/C14H21F2N/c1-8(2)17-11(5)10(4)12-7-6-9(3)13(15)14(12)16/h6-8,10-11,17H,1-5H3. The van der Waals surface area contributed by atoms with Gasteiger partial charge in [0.2, 0.25) is 0 Å². The van der Waals surface area contributed by atoms with Gasteiger partial charge in [0, 0.05) is 12.1 Å². The third-order valence-corrected chi connectivity index (χ3v) is 3.14. The molecule has 0 fully saturated rings. The van der Waals surface area contributed by atoms with Crippen LogP contribution < -0.4 is 5.32 Å². The first-order valence-corrected chi connectivity index (χ1v) is 6.05. The predicted molar refractivity (Wildman–Crippen MR) is 67.2 cm³/mol. The Bertz CT molecular complexity index is 388. The van der Waals surface area contributed by atoms with Crippen molar-refractivity contribution in [3.05, 3.63) is 34.9 Å². The predicted octanol–water partition coefficient (Wildman–Crippen LogP) is 3.76. The molecule has 1 nitrogen and oxygen atoms in total. The minimum Gasteiger partial charge on any atom is -0.311 e. The highest BCUT2D eigenvalue weighted by atomic mass is 19.2. The van der Waals surface area contributed by atoms with E-state index in [0.717, 1.165) is 0 Å². The summed E-state index contributed by atoms with van der Waals surface area (Å²) in [6.45, 7) is 9.54. The van der Waals surface area contributed by atoms with Gasteiger partial charge in [0.1, 0.15) is 0 Å². The molecule has 2 unspecified atom stereocenters. The molecule has 1 aromatic rings. The summed E-state index contributed by atoms with van der Waals surface area (Å²) >= 11 is 0. The van der Waals surface area contributed by atoms with Gasteiger partial charge in [-0.15, -0.1) is 0 Å². The zero-order chi connectivity index (χ0) is 13.2. The lowest BCUT2D eigenvalue weighted by molar-refractivity contribution is 0.419. The lowest BCUT2D eigenvalue weighted by Crippen LogP contribution is -2.36. The van der Waals surface area contributed by atoms with Crippen LogP contribution in [0.5, 0.6) is 0 Å². The lowest BCUT2D eigenvalue weighted by atomic mass is 9.92. The number of hydrogen-bond acceptors (Lipinski definition) is 1. The number of aryl methyl sites for hydroxylation is 1. The summed E-state index contributed by atoms with van der Waals surface area (Å²) in [7, 11) is 0. The first kappa shape index (κ1) is 14.1. The first-order chi connectivity index (χ1) is 7.84. The molecule has 0 radical (unpaired) electrons. The highest BCUT2D eigenvalue weighted by Crippen LogP contribution is 2.25. The molecule has 0 saturated heterocycles. The molecular weight excluding hydrogens is 220 g/mol. The topological polar surface area (TPSA) is 12.0 Å². The van der Waals surface area contributed by atoms with E-state index in [1.807, 2.05) is 27.7 Å². The van der Waals surface area contributed by atoms with Gasteiger partial charge >= 0.3 is 0 Å². The molecule has 0 aliphatic heterocycles. The van der Waals surface area contributed by atoms with Crippen molar-refractivity contribution in [3.8, 4) is 0 Å². The maximum Gasteiger partial charge on any atom is 0.162 e. The van der Waals surface area contributed by atoms with E-state index >= 15 is 0 Å². The molecule has 0 aromatic heterocycles. The third kappa shape index (κ3) is 3.25. The fourth-order valence-corrected chi connectivity index (χ4v) is 1.95. The second-order valence-corrected chi connectivity index (χ2v) is 5.00. The summed E-state index contributed by atoms with van der Waals surface area (Å²) in [5.41, 5.74) is 0.789. The SMILES string of the molecule is Cc1ccc(C(C)C(C)NC(C)C)c(F)c1F. The number of benzene rings is 1. The molecule has 0 spiro atoms. The molecule has 0 amide bonds. The number of rotatable bonds is 4. The Labute approximate surface area is 102 Å². The Hall–Kier alpha value is -0.960. The Morgan fingerprint density at radius 1 is 1.00 bits per heavy atom. The van der Waals surface area contributed by atoms with Crippen molar-refractivity contribution in [2.45, 2.75) is 52.6 Å². The largest absolute Gasteiger partial charge is 0.311 e. The average Bonchev–Trinajstić information content (AvgIpc) is 2.24. The van der Waals surface area contributed by atoms with Crippen molar-refractivity contribution in [1.29, 1.82) is 0 Å². The summed E-state index contributed by atoms with van der Waals surface area (Å²) in [5.74, 6) is -1.51. The van der Waals surface area contributed by atoms with E-state index in [4.69, 9.17) is 0 Å². The summed E-state index contributed by atoms with van der Waals surface area (Å²) in [5, 5.41) is 3.31. The van der Waals surface area contributed by atoms with Crippen molar-refractivity contribution >= 4 is 0 Å². The number of nitrogens with one attached hydrogen (secondary N) is 1. The van der Waals surface area contributed by atoms with E-state index in [-0.39, 0.29) is 12.0 Å². The molecule has 1 aromatic carbocycles. The van der Waals surface area contributed by atoms with Crippen LogP contribution in [0.2, 0.25) is 0 Å². The first-order valence-electron chi connectivity index (χ1n) is 6.05. The van der Waals surface area contributed by atoms with Crippen LogP contribution in [0.25, 0.3) is 0 Å². The van der Waals surface area contributed by atoms with Gasteiger partial charge in [-0.1, -0.05) is 32.9 Å². The van der Waals surface area contributed by atoms with Crippen LogP contribution in [0.4, 0.5) is 8.78 Å². The highest BCUT2D eigenvalue weighted by molar-refractivity contribution is 5.28.